The maximum atomic E-state index is 8.70. The molecule has 1 aromatic rings. The van der Waals surface area contributed by atoms with Gasteiger partial charge in [-0.05, 0) is 6.92 Å². The predicted octanol–water partition coefficient (Wildman–Crippen LogP) is 0.939. The van der Waals surface area contributed by atoms with Gasteiger partial charge in [0.05, 0.1) is 11.3 Å². The van der Waals surface area contributed by atoms with Crippen LogP contribution in [0.15, 0.2) is 11.1 Å². The van der Waals surface area contributed by atoms with Crippen molar-refractivity contribution in [2.45, 2.75) is 6.92 Å². The van der Waals surface area contributed by atoms with Crippen LogP contribution in [-0.2, 0) is 0 Å². The molecule has 1 heterocycles. The third-order valence-corrected chi connectivity index (χ3v) is 1.96. The van der Waals surface area contributed by atoms with Crippen LogP contribution >= 0.6 is 11.3 Å². The molecule has 0 fully saturated rings. The monoisotopic (exact) mass is 180 g/mol. The Hall–Kier alpha value is -1.54. The highest BCUT2D eigenvalue weighted by molar-refractivity contribution is 7.13. The average molecular weight is 180 g/mol. The first-order valence-corrected chi connectivity index (χ1v) is 4.11. The molecule has 1 rings (SSSR count). The zero-order chi connectivity index (χ0) is 9.14. The highest BCUT2D eigenvalue weighted by Crippen LogP contribution is 2.19. The predicted molar refractivity (Wildman–Crippen MR) is 48.9 cm³/mol. The van der Waals surface area contributed by atoms with E-state index in [0.29, 0.717) is 22.1 Å². The Labute approximate surface area is 74.1 Å². The Bertz CT molecular complexity index is 354. The van der Waals surface area contributed by atoms with Gasteiger partial charge in [0.25, 0.3) is 0 Å². The molecule has 0 aliphatic carbocycles. The number of aromatic nitrogens is 1. The molecule has 0 aliphatic rings. The molecule has 0 amide bonds. The molecule has 5 heteroatoms. The van der Waals surface area contributed by atoms with Gasteiger partial charge in [0.15, 0.2) is 5.13 Å². The number of nitrogens with zero attached hydrogens (tertiary/aromatic N) is 2. The molecule has 0 bridgehead atoms. The van der Waals surface area contributed by atoms with Gasteiger partial charge in [-0.25, -0.2) is 4.98 Å². The minimum absolute atomic E-state index is 0.392. The van der Waals surface area contributed by atoms with Crippen molar-refractivity contribution >= 4 is 22.0 Å². The lowest BCUT2D eigenvalue weighted by Crippen LogP contribution is -1.96. The number of rotatable bonds is 1. The molecule has 12 heavy (non-hydrogen) atoms. The molecule has 0 unspecified atom stereocenters. The molecular weight excluding hydrogens is 172 g/mol. The number of nitrogen functional groups attached to an aromatic ring is 1. The van der Waals surface area contributed by atoms with Crippen LogP contribution in [0, 0.1) is 11.3 Å². The van der Waals surface area contributed by atoms with Gasteiger partial charge >= 0.3 is 0 Å². The SMILES string of the molecule is CC(N)=C(C#N)c1csc(N)n1. The zero-order valence-corrected chi connectivity index (χ0v) is 7.35. The lowest BCUT2D eigenvalue weighted by molar-refractivity contribution is 1.28. The summed E-state index contributed by atoms with van der Waals surface area (Å²) in [5.41, 5.74) is 12.3. The highest BCUT2D eigenvalue weighted by Gasteiger charge is 2.06. The number of nitrogens with two attached hydrogens (primary N) is 2. The first-order chi connectivity index (χ1) is 5.65. The van der Waals surface area contributed by atoms with E-state index in [2.05, 4.69) is 4.98 Å². The minimum Gasteiger partial charge on any atom is -0.401 e. The summed E-state index contributed by atoms with van der Waals surface area (Å²) in [5, 5.41) is 10.9. The smallest absolute Gasteiger partial charge is 0.180 e. The number of thiazole rings is 1. The second kappa shape index (κ2) is 3.24. The Kier molecular flexibility index (Phi) is 2.31. The summed E-state index contributed by atoms with van der Waals surface area (Å²) in [5.74, 6) is 0. The van der Waals surface area contributed by atoms with Crippen molar-refractivity contribution in [3.63, 3.8) is 0 Å². The third kappa shape index (κ3) is 1.54. The first-order valence-electron chi connectivity index (χ1n) is 3.23. The van der Waals surface area contributed by atoms with Gasteiger partial charge in [-0.3, -0.25) is 0 Å². The van der Waals surface area contributed by atoms with Crippen LogP contribution in [0.3, 0.4) is 0 Å². The standard InChI is InChI=1S/C7H8N4S/c1-4(9)5(2-8)6-3-12-7(10)11-6/h3H,9H2,1H3,(H2,10,11). The molecule has 4 N–H and O–H groups in total. The fourth-order valence-corrected chi connectivity index (χ4v) is 1.30. The van der Waals surface area contributed by atoms with Crippen molar-refractivity contribution < 1.29 is 0 Å². The molecule has 0 spiro atoms. The van der Waals surface area contributed by atoms with E-state index in [-0.39, 0.29) is 0 Å². The van der Waals surface area contributed by atoms with Gasteiger partial charge in [0, 0.05) is 11.1 Å². The molecule has 0 saturated heterocycles. The number of allylic oxidation sites excluding steroid dienone is 2. The summed E-state index contributed by atoms with van der Waals surface area (Å²) < 4.78 is 0. The summed E-state index contributed by atoms with van der Waals surface area (Å²) in [6.07, 6.45) is 0. The summed E-state index contributed by atoms with van der Waals surface area (Å²) in [7, 11) is 0. The molecule has 0 aromatic carbocycles. The molecule has 0 aliphatic heterocycles. The molecule has 0 atom stereocenters. The Balaban J connectivity index is 3.15. The van der Waals surface area contributed by atoms with Gasteiger partial charge in [-0.1, -0.05) is 0 Å². The van der Waals surface area contributed by atoms with Crippen LogP contribution in [0.25, 0.3) is 5.57 Å². The van der Waals surface area contributed by atoms with E-state index in [0.717, 1.165) is 0 Å². The lowest BCUT2D eigenvalue weighted by atomic mass is 10.2. The molecular formula is C7H8N4S. The van der Waals surface area contributed by atoms with Crippen LogP contribution in [0.1, 0.15) is 12.6 Å². The van der Waals surface area contributed by atoms with Crippen LogP contribution in [0.4, 0.5) is 5.13 Å². The quantitative estimate of drug-likeness (QED) is 0.629. The number of hydrogen-bond donors (Lipinski definition) is 2. The minimum atomic E-state index is 0.392. The van der Waals surface area contributed by atoms with Gasteiger partial charge in [-0.2, -0.15) is 5.26 Å². The van der Waals surface area contributed by atoms with Gasteiger partial charge in [0.1, 0.15) is 6.07 Å². The largest absolute Gasteiger partial charge is 0.401 e. The molecule has 0 saturated carbocycles. The van der Waals surface area contributed by atoms with E-state index >= 15 is 0 Å². The van der Waals surface area contributed by atoms with E-state index < -0.39 is 0 Å². The van der Waals surface area contributed by atoms with E-state index in [1.165, 1.54) is 11.3 Å². The molecule has 0 radical (unpaired) electrons. The second-order valence-corrected chi connectivity index (χ2v) is 3.13. The summed E-state index contributed by atoms with van der Waals surface area (Å²) >= 11 is 1.29. The molecule has 4 nitrogen and oxygen atoms in total. The highest BCUT2D eigenvalue weighted by atomic mass is 32.1. The second-order valence-electron chi connectivity index (χ2n) is 2.24. The Morgan fingerprint density at radius 2 is 2.42 bits per heavy atom. The first kappa shape index (κ1) is 8.56. The van der Waals surface area contributed by atoms with Crippen molar-refractivity contribution in [3.8, 4) is 6.07 Å². The normalized spacial score (nSPS) is 12.0. The van der Waals surface area contributed by atoms with Gasteiger partial charge in [-0.15, -0.1) is 11.3 Å². The molecule has 62 valence electrons. The van der Waals surface area contributed by atoms with E-state index in [1.807, 2.05) is 6.07 Å². The number of nitriles is 1. The van der Waals surface area contributed by atoms with Crippen molar-refractivity contribution in [1.82, 2.24) is 4.98 Å². The summed E-state index contributed by atoms with van der Waals surface area (Å²) in [6, 6.07) is 1.97. The van der Waals surface area contributed by atoms with Crippen molar-refractivity contribution in [2.24, 2.45) is 5.73 Å². The van der Waals surface area contributed by atoms with Gasteiger partial charge in [0.2, 0.25) is 0 Å². The topological polar surface area (TPSA) is 88.7 Å². The number of anilines is 1. The van der Waals surface area contributed by atoms with Crippen LogP contribution in [0.5, 0.6) is 0 Å². The van der Waals surface area contributed by atoms with Crippen molar-refractivity contribution in [3.05, 3.63) is 16.8 Å². The van der Waals surface area contributed by atoms with Gasteiger partial charge < -0.3 is 11.5 Å². The Morgan fingerprint density at radius 3 is 2.75 bits per heavy atom. The van der Waals surface area contributed by atoms with Crippen LogP contribution in [-0.4, -0.2) is 4.98 Å². The maximum absolute atomic E-state index is 8.70. The fourth-order valence-electron chi connectivity index (χ4n) is 0.750. The van der Waals surface area contributed by atoms with Crippen LogP contribution < -0.4 is 11.5 Å². The van der Waals surface area contributed by atoms with E-state index in [4.69, 9.17) is 16.7 Å². The third-order valence-electron chi connectivity index (χ3n) is 1.28. The number of hydrogen-bond acceptors (Lipinski definition) is 5. The fraction of sp³-hybridized carbons (Fsp3) is 0.143. The van der Waals surface area contributed by atoms with E-state index in [1.54, 1.807) is 12.3 Å². The van der Waals surface area contributed by atoms with Crippen molar-refractivity contribution in [1.29, 1.82) is 5.26 Å². The maximum Gasteiger partial charge on any atom is 0.180 e. The van der Waals surface area contributed by atoms with E-state index in [9.17, 15) is 0 Å². The summed E-state index contributed by atoms with van der Waals surface area (Å²) in [6.45, 7) is 1.66. The zero-order valence-electron chi connectivity index (χ0n) is 6.53. The Morgan fingerprint density at radius 1 is 1.75 bits per heavy atom. The average Bonchev–Trinajstić information content (AvgIpc) is 2.37. The van der Waals surface area contributed by atoms with Crippen molar-refractivity contribution in [2.75, 3.05) is 5.73 Å². The summed E-state index contributed by atoms with van der Waals surface area (Å²) in [4.78, 5) is 3.94. The molecule has 1 aromatic heterocycles. The van der Waals surface area contributed by atoms with Crippen LogP contribution in [0.2, 0.25) is 0 Å². The lowest BCUT2D eigenvalue weighted by Gasteiger charge is -1.94.